The van der Waals surface area contributed by atoms with E-state index < -0.39 is 0 Å². The molecule has 0 saturated heterocycles. The third kappa shape index (κ3) is 3.39. The van der Waals surface area contributed by atoms with Gasteiger partial charge in [0.25, 0.3) is 0 Å². The zero-order valence-electron chi connectivity index (χ0n) is 11.1. The van der Waals surface area contributed by atoms with Crippen molar-refractivity contribution in [2.45, 2.75) is 13.0 Å². The Balaban J connectivity index is 2.21. The summed E-state index contributed by atoms with van der Waals surface area (Å²) < 4.78 is 32.2. The van der Waals surface area contributed by atoms with Crippen molar-refractivity contribution in [2.75, 3.05) is 12.4 Å². The Bertz CT molecular complexity index is 619. The smallest absolute Gasteiger partial charge is 0.165 e. The zero-order valence-corrected chi connectivity index (χ0v) is 13.2. The number of nitrogens with one attached hydrogen (secondary N) is 1. The highest BCUT2D eigenvalue weighted by Crippen LogP contribution is 2.27. The van der Waals surface area contributed by atoms with Crippen LogP contribution in [-0.4, -0.2) is 7.11 Å². The fourth-order valence-corrected chi connectivity index (χ4v) is 2.50. The first-order chi connectivity index (χ1) is 9.51. The van der Waals surface area contributed by atoms with Crippen LogP contribution < -0.4 is 10.1 Å². The van der Waals surface area contributed by atoms with E-state index in [1.54, 1.807) is 18.2 Å². The van der Waals surface area contributed by atoms with Crippen LogP contribution in [0.25, 0.3) is 0 Å². The summed E-state index contributed by atoms with van der Waals surface area (Å²) in [6.45, 7) is 1.95. The first-order valence-electron chi connectivity index (χ1n) is 6.06. The summed E-state index contributed by atoms with van der Waals surface area (Å²) in [5, 5.41) is 3.27. The number of methoxy groups -OCH3 is 1. The van der Waals surface area contributed by atoms with E-state index in [9.17, 15) is 8.78 Å². The van der Waals surface area contributed by atoms with Crippen molar-refractivity contribution in [3.8, 4) is 5.75 Å². The molecule has 0 aliphatic carbocycles. The van der Waals surface area contributed by atoms with Crippen LogP contribution in [-0.2, 0) is 0 Å². The molecule has 0 spiro atoms. The molecule has 2 nitrogen and oxygen atoms in total. The molecule has 0 radical (unpaired) electrons. The number of anilines is 1. The Hall–Kier alpha value is -1.37. The van der Waals surface area contributed by atoms with E-state index in [2.05, 4.69) is 27.9 Å². The number of benzene rings is 2. The van der Waals surface area contributed by atoms with Crippen molar-refractivity contribution in [3.63, 3.8) is 0 Å². The van der Waals surface area contributed by atoms with Crippen molar-refractivity contribution in [3.05, 3.63) is 57.2 Å². The van der Waals surface area contributed by atoms with Crippen molar-refractivity contribution < 1.29 is 13.5 Å². The highest BCUT2D eigenvalue weighted by Gasteiger charge is 2.11. The summed E-state index contributed by atoms with van der Waals surface area (Å²) in [5.74, 6) is -0.444. The van der Waals surface area contributed by atoms with Gasteiger partial charge in [-0.3, -0.25) is 0 Å². The number of halogens is 3. The van der Waals surface area contributed by atoms with Crippen LogP contribution in [0, 0.1) is 15.2 Å². The summed E-state index contributed by atoms with van der Waals surface area (Å²) >= 11 is 2.07. The number of hydrogen-bond donors (Lipinski definition) is 1. The number of hydrogen-bond acceptors (Lipinski definition) is 2. The largest absolute Gasteiger partial charge is 0.494 e. The van der Waals surface area contributed by atoms with Gasteiger partial charge in [0.1, 0.15) is 5.82 Å². The second-order valence-corrected chi connectivity index (χ2v) is 5.55. The molecule has 0 aromatic heterocycles. The van der Waals surface area contributed by atoms with Gasteiger partial charge >= 0.3 is 0 Å². The highest BCUT2D eigenvalue weighted by atomic mass is 127. The van der Waals surface area contributed by atoms with Crippen LogP contribution in [0.5, 0.6) is 5.75 Å². The minimum Gasteiger partial charge on any atom is -0.494 e. The molecule has 0 aliphatic heterocycles. The highest BCUT2D eigenvalue weighted by molar-refractivity contribution is 14.1. The van der Waals surface area contributed by atoms with Gasteiger partial charge in [-0.1, -0.05) is 6.07 Å². The summed E-state index contributed by atoms with van der Waals surface area (Å²) in [7, 11) is 1.43. The molecule has 2 aromatic carbocycles. The van der Waals surface area contributed by atoms with Gasteiger partial charge in [-0.05, 0) is 65.4 Å². The van der Waals surface area contributed by atoms with Crippen LogP contribution in [0.1, 0.15) is 18.5 Å². The minimum absolute atomic E-state index is 0.0523. The third-order valence-corrected chi connectivity index (χ3v) is 3.87. The summed E-state index contributed by atoms with van der Waals surface area (Å²) in [4.78, 5) is 0. The predicted molar refractivity (Wildman–Crippen MR) is 84.1 cm³/mol. The fraction of sp³-hybridized carbons (Fsp3) is 0.200. The van der Waals surface area contributed by atoms with Gasteiger partial charge in [0.15, 0.2) is 11.6 Å². The molecule has 0 bridgehead atoms. The Morgan fingerprint density at radius 3 is 2.55 bits per heavy atom. The van der Waals surface area contributed by atoms with Gasteiger partial charge in [-0.15, -0.1) is 0 Å². The average molecular weight is 389 g/mol. The Morgan fingerprint density at radius 1 is 1.15 bits per heavy atom. The van der Waals surface area contributed by atoms with Crippen LogP contribution in [0.4, 0.5) is 14.5 Å². The molecule has 0 fully saturated rings. The van der Waals surface area contributed by atoms with E-state index in [-0.39, 0.29) is 23.4 Å². The topological polar surface area (TPSA) is 21.3 Å². The lowest BCUT2D eigenvalue weighted by Crippen LogP contribution is -2.08. The predicted octanol–water partition coefficient (Wildman–Crippen LogP) is 4.75. The Morgan fingerprint density at radius 2 is 1.90 bits per heavy atom. The lowest BCUT2D eigenvalue weighted by atomic mass is 10.1. The van der Waals surface area contributed by atoms with E-state index in [1.807, 2.05) is 6.92 Å². The maximum absolute atomic E-state index is 13.4. The van der Waals surface area contributed by atoms with Crippen molar-refractivity contribution in [1.82, 2.24) is 0 Å². The molecule has 0 saturated carbocycles. The molecule has 106 valence electrons. The molecule has 2 rings (SSSR count). The zero-order chi connectivity index (χ0) is 14.7. The molecule has 2 aromatic rings. The van der Waals surface area contributed by atoms with Gasteiger partial charge in [-0.2, -0.15) is 0 Å². The fourth-order valence-electron chi connectivity index (χ4n) is 1.87. The van der Waals surface area contributed by atoms with Gasteiger partial charge in [0, 0.05) is 15.3 Å². The molecule has 0 heterocycles. The molecule has 1 atom stereocenters. The summed E-state index contributed by atoms with van der Waals surface area (Å²) in [6.07, 6.45) is 0. The van der Waals surface area contributed by atoms with Crippen molar-refractivity contribution in [1.29, 1.82) is 0 Å². The molecular formula is C15H14F2INO. The third-order valence-electron chi connectivity index (χ3n) is 2.98. The van der Waals surface area contributed by atoms with Crippen LogP contribution >= 0.6 is 22.6 Å². The van der Waals surface area contributed by atoms with E-state index in [0.29, 0.717) is 0 Å². The second-order valence-electron chi connectivity index (χ2n) is 4.38. The standard InChI is InChI=1S/C15H14F2INO/c1-9(10-3-5-12(17)15(7-10)20-2)19-14-6-4-11(16)8-13(14)18/h3-9,19H,1-2H3. The lowest BCUT2D eigenvalue weighted by Gasteiger charge is -2.17. The second kappa shape index (κ2) is 6.39. The van der Waals surface area contributed by atoms with Gasteiger partial charge < -0.3 is 10.1 Å². The van der Waals surface area contributed by atoms with Crippen LogP contribution in [0.3, 0.4) is 0 Å². The van der Waals surface area contributed by atoms with E-state index in [0.717, 1.165) is 14.8 Å². The Kier molecular flexibility index (Phi) is 4.80. The van der Waals surface area contributed by atoms with E-state index in [1.165, 1.54) is 25.3 Å². The number of rotatable bonds is 4. The maximum Gasteiger partial charge on any atom is 0.165 e. The normalized spacial score (nSPS) is 12.1. The van der Waals surface area contributed by atoms with Crippen molar-refractivity contribution >= 4 is 28.3 Å². The molecule has 20 heavy (non-hydrogen) atoms. The first kappa shape index (κ1) is 15.0. The van der Waals surface area contributed by atoms with Gasteiger partial charge in [-0.25, -0.2) is 8.78 Å². The van der Waals surface area contributed by atoms with Gasteiger partial charge in [0.05, 0.1) is 7.11 Å². The van der Waals surface area contributed by atoms with Crippen LogP contribution in [0.15, 0.2) is 36.4 Å². The molecule has 1 unspecified atom stereocenters. The van der Waals surface area contributed by atoms with Crippen LogP contribution in [0.2, 0.25) is 0 Å². The Labute approximate surface area is 130 Å². The van der Waals surface area contributed by atoms with Gasteiger partial charge in [0.2, 0.25) is 0 Å². The quantitative estimate of drug-likeness (QED) is 0.763. The minimum atomic E-state index is -0.389. The summed E-state index contributed by atoms with van der Waals surface area (Å²) in [6, 6.07) is 9.23. The molecular weight excluding hydrogens is 375 g/mol. The summed E-state index contributed by atoms with van der Waals surface area (Å²) in [5.41, 5.74) is 1.73. The number of ether oxygens (including phenoxy) is 1. The monoisotopic (exact) mass is 389 g/mol. The molecule has 5 heteroatoms. The maximum atomic E-state index is 13.4. The SMILES string of the molecule is COc1cc(C(C)Nc2ccc(F)cc2I)ccc1F. The molecule has 0 aliphatic rings. The van der Waals surface area contributed by atoms with Crippen molar-refractivity contribution in [2.24, 2.45) is 0 Å². The van der Waals surface area contributed by atoms with E-state index >= 15 is 0 Å². The molecule has 1 N–H and O–H groups in total. The lowest BCUT2D eigenvalue weighted by molar-refractivity contribution is 0.385. The average Bonchev–Trinajstić information content (AvgIpc) is 2.42. The van der Waals surface area contributed by atoms with E-state index in [4.69, 9.17) is 4.74 Å². The molecule has 0 amide bonds. The first-order valence-corrected chi connectivity index (χ1v) is 7.14.